The van der Waals surface area contributed by atoms with Gasteiger partial charge >= 0.3 is 0 Å². The zero-order valence-electron chi connectivity index (χ0n) is 15.9. The number of carbonyl (C=O) groups excluding carboxylic acids is 2. The van der Waals surface area contributed by atoms with E-state index in [1.165, 1.54) is 6.26 Å². The molecule has 0 N–H and O–H groups in total. The second-order valence-electron chi connectivity index (χ2n) is 7.36. The third kappa shape index (κ3) is 2.38. The number of amides is 2. The molecule has 1 atom stereocenters. The lowest BCUT2D eigenvalue weighted by molar-refractivity contribution is -0.00608. The molecule has 148 valence electrons. The van der Waals surface area contributed by atoms with Crippen LogP contribution < -0.4 is 0 Å². The van der Waals surface area contributed by atoms with E-state index in [0.29, 0.717) is 47.3 Å². The molecule has 8 nitrogen and oxygen atoms in total. The zero-order chi connectivity index (χ0) is 20.3. The second-order valence-corrected chi connectivity index (χ2v) is 7.79. The Kier molecular flexibility index (Phi) is 3.82. The summed E-state index contributed by atoms with van der Waals surface area (Å²) in [5.74, 6) is -0.368. The minimum Gasteiger partial charge on any atom is -0.364 e. The van der Waals surface area contributed by atoms with Crippen molar-refractivity contribution < 1.29 is 14.1 Å². The maximum atomic E-state index is 13.5. The highest BCUT2D eigenvalue weighted by molar-refractivity contribution is 6.30. The highest BCUT2D eigenvalue weighted by atomic mass is 35.5. The molecule has 5 rings (SSSR count). The number of halogens is 1. The predicted octanol–water partition coefficient (Wildman–Crippen LogP) is 2.61. The number of hydrogen-bond donors (Lipinski definition) is 0. The van der Waals surface area contributed by atoms with Crippen LogP contribution in [0, 0.1) is 13.8 Å². The highest BCUT2D eigenvalue weighted by Crippen LogP contribution is 2.44. The molecule has 0 saturated carbocycles. The summed E-state index contributed by atoms with van der Waals surface area (Å²) in [6, 6.07) is 7.27. The van der Waals surface area contributed by atoms with Crippen LogP contribution in [0.5, 0.6) is 0 Å². The molecule has 0 aliphatic carbocycles. The SMILES string of the molecule is Cc1nocc1C(=O)N1CCN2C(=O)c3c(C)ncn3CC12c1ccc(Cl)cc1. The van der Waals surface area contributed by atoms with E-state index in [-0.39, 0.29) is 11.8 Å². The van der Waals surface area contributed by atoms with Crippen LogP contribution in [-0.2, 0) is 12.2 Å². The Morgan fingerprint density at radius 1 is 1.17 bits per heavy atom. The van der Waals surface area contributed by atoms with E-state index in [4.69, 9.17) is 16.1 Å². The summed E-state index contributed by atoms with van der Waals surface area (Å²) >= 11 is 6.11. The quantitative estimate of drug-likeness (QED) is 0.647. The van der Waals surface area contributed by atoms with Crippen molar-refractivity contribution in [1.82, 2.24) is 24.5 Å². The molecule has 2 amide bonds. The first-order valence-corrected chi connectivity index (χ1v) is 9.64. The Hall–Kier alpha value is -3.13. The Balaban J connectivity index is 1.71. The number of aromatic nitrogens is 3. The molecule has 9 heteroatoms. The number of imidazole rings is 1. The van der Waals surface area contributed by atoms with Gasteiger partial charge in [0.05, 0.1) is 24.3 Å². The molecule has 3 aromatic rings. The molecular formula is C20H18ClN5O3. The van der Waals surface area contributed by atoms with Crippen molar-refractivity contribution in [3.63, 3.8) is 0 Å². The van der Waals surface area contributed by atoms with Crippen LogP contribution in [0.2, 0.25) is 5.02 Å². The van der Waals surface area contributed by atoms with Crippen molar-refractivity contribution in [3.8, 4) is 0 Å². The molecule has 2 aliphatic heterocycles. The van der Waals surface area contributed by atoms with Gasteiger partial charge in [-0.2, -0.15) is 0 Å². The van der Waals surface area contributed by atoms with E-state index in [1.54, 1.807) is 35.2 Å². The van der Waals surface area contributed by atoms with Gasteiger partial charge in [0, 0.05) is 23.7 Å². The van der Waals surface area contributed by atoms with Crippen LogP contribution in [0.4, 0.5) is 0 Å². The van der Waals surface area contributed by atoms with Crippen molar-refractivity contribution >= 4 is 23.4 Å². The first-order chi connectivity index (χ1) is 13.9. The minimum absolute atomic E-state index is 0.140. The minimum atomic E-state index is -0.984. The standard InChI is InChI=1S/C20H18ClN5O3/c1-12-16(9-29-23-12)18(27)25-7-8-26-19(28)17-13(2)22-11-24(17)10-20(25,26)14-3-5-15(21)6-4-14/h3-6,9,11H,7-8,10H2,1-2H3. The van der Waals surface area contributed by atoms with E-state index < -0.39 is 5.66 Å². The van der Waals surface area contributed by atoms with Gasteiger partial charge in [0.25, 0.3) is 11.8 Å². The number of rotatable bonds is 2. The monoisotopic (exact) mass is 411 g/mol. The van der Waals surface area contributed by atoms with Crippen molar-refractivity contribution in [2.75, 3.05) is 13.1 Å². The fourth-order valence-corrected chi connectivity index (χ4v) is 4.56. The van der Waals surface area contributed by atoms with Crippen molar-refractivity contribution in [3.05, 3.63) is 70.1 Å². The van der Waals surface area contributed by atoms with Gasteiger partial charge in [0.2, 0.25) is 0 Å². The van der Waals surface area contributed by atoms with Gasteiger partial charge in [0.1, 0.15) is 17.5 Å². The van der Waals surface area contributed by atoms with Gasteiger partial charge in [0.15, 0.2) is 5.66 Å². The summed E-state index contributed by atoms with van der Waals surface area (Å²) in [4.78, 5) is 34.7. The molecular weight excluding hydrogens is 394 g/mol. The molecule has 0 bridgehead atoms. The summed E-state index contributed by atoms with van der Waals surface area (Å²) in [5.41, 5.74) is 1.97. The summed E-state index contributed by atoms with van der Waals surface area (Å²) < 4.78 is 6.81. The summed E-state index contributed by atoms with van der Waals surface area (Å²) in [6.45, 7) is 4.74. The molecule has 1 saturated heterocycles. The number of hydrogen-bond acceptors (Lipinski definition) is 5. The highest BCUT2D eigenvalue weighted by Gasteiger charge is 2.56. The molecule has 1 unspecified atom stereocenters. The molecule has 2 aromatic heterocycles. The number of fused-ring (bicyclic) bond motifs is 2. The molecule has 1 aromatic carbocycles. The van der Waals surface area contributed by atoms with Crippen LogP contribution in [0.25, 0.3) is 0 Å². The summed E-state index contributed by atoms with van der Waals surface area (Å²) in [5, 5.41) is 4.43. The lowest BCUT2D eigenvalue weighted by Gasteiger charge is -2.47. The number of nitrogens with zero attached hydrogens (tertiary/aromatic N) is 5. The Morgan fingerprint density at radius 3 is 2.62 bits per heavy atom. The van der Waals surface area contributed by atoms with Gasteiger partial charge in [-0.1, -0.05) is 28.9 Å². The predicted molar refractivity (Wildman–Crippen MR) is 103 cm³/mol. The first-order valence-electron chi connectivity index (χ1n) is 9.26. The van der Waals surface area contributed by atoms with E-state index in [2.05, 4.69) is 10.1 Å². The zero-order valence-corrected chi connectivity index (χ0v) is 16.7. The van der Waals surface area contributed by atoms with Crippen LogP contribution >= 0.6 is 11.6 Å². The Morgan fingerprint density at radius 2 is 1.93 bits per heavy atom. The lowest BCUT2D eigenvalue weighted by atomic mass is 9.93. The number of carbonyl (C=O) groups is 2. The fourth-order valence-electron chi connectivity index (χ4n) is 4.43. The summed E-state index contributed by atoms with van der Waals surface area (Å²) in [6.07, 6.45) is 3.01. The van der Waals surface area contributed by atoms with Crippen molar-refractivity contribution in [2.24, 2.45) is 0 Å². The van der Waals surface area contributed by atoms with E-state index in [0.717, 1.165) is 5.56 Å². The molecule has 29 heavy (non-hydrogen) atoms. The third-order valence-electron chi connectivity index (χ3n) is 5.83. The van der Waals surface area contributed by atoms with E-state index in [1.807, 2.05) is 23.6 Å². The lowest BCUT2D eigenvalue weighted by Crippen LogP contribution is -2.60. The van der Waals surface area contributed by atoms with Gasteiger partial charge in [-0.15, -0.1) is 0 Å². The van der Waals surface area contributed by atoms with Gasteiger partial charge in [-0.25, -0.2) is 4.98 Å². The maximum Gasteiger partial charge on any atom is 0.274 e. The van der Waals surface area contributed by atoms with Crippen LogP contribution in [0.15, 0.2) is 41.4 Å². The normalized spacial score (nSPS) is 20.7. The smallest absolute Gasteiger partial charge is 0.274 e. The molecule has 1 fully saturated rings. The molecule has 0 spiro atoms. The Bertz CT molecular complexity index is 1140. The van der Waals surface area contributed by atoms with E-state index in [9.17, 15) is 9.59 Å². The number of aryl methyl sites for hydroxylation is 2. The van der Waals surface area contributed by atoms with Gasteiger partial charge < -0.3 is 18.9 Å². The van der Waals surface area contributed by atoms with Gasteiger partial charge in [-0.05, 0) is 26.0 Å². The molecule has 0 radical (unpaired) electrons. The first kappa shape index (κ1) is 17.9. The van der Waals surface area contributed by atoms with Crippen molar-refractivity contribution in [2.45, 2.75) is 26.1 Å². The van der Waals surface area contributed by atoms with Crippen LogP contribution in [0.1, 0.15) is 37.8 Å². The maximum absolute atomic E-state index is 13.5. The average Bonchev–Trinajstić information content (AvgIpc) is 3.40. The largest absolute Gasteiger partial charge is 0.364 e. The second kappa shape index (κ2) is 6.18. The summed E-state index contributed by atoms with van der Waals surface area (Å²) in [7, 11) is 0. The number of benzene rings is 1. The van der Waals surface area contributed by atoms with Crippen LogP contribution in [-0.4, -0.2) is 49.4 Å². The molecule has 4 heterocycles. The van der Waals surface area contributed by atoms with Crippen LogP contribution in [0.3, 0.4) is 0 Å². The van der Waals surface area contributed by atoms with Crippen molar-refractivity contribution in [1.29, 1.82) is 0 Å². The fraction of sp³-hybridized carbons (Fsp3) is 0.300. The average molecular weight is 412 g/mol. The Labute approximate surface area is 171 Å². The molecule has 2 aliphatic rings. The van der Waals surface area contributed by atoms with Gasteiger partial charge in [-0.3, -0.25) is 9.59 Å². The third-order valence-corrected chi connectivity index (χ3v) is 6.08. The van der Waals surface area contributed by atoms with E-state index >= 15 is 0 Å². The topological polar surface area (TPSA) is 84.5 Å².